The summed E-state index contributed by atoms with van der Waals surface area (Å²) >= 11 is 0. The predicted molar refractivity (Wildman–Crippen MR) is 422 cm³/mol. The van der Waals surface area contributed by atoms with E-state index < -0.39 is 0 Å². The topological polar surface area (TPSA) is 315 Å². The molecule has 0 aliphatic heterocycles. The highest BCUT2D eigenvalue weighted by atomic mass is 14.0. The number of hydrogen-bond acceptors (Lipinski definition) is 9. The molecule has 0 saturated carbocycles. The summed E-state index contributed by atoms with van der Waals surface area (Å²) in [5.41, 5.74) is 0. The summed E-state index contributed by atoms with van der Waals surface area (Å²) in [7, 11) is 0. The van der Waals surface area contributed by atoms with Gasteiger partial charge in [0.25, 0.3) is 0 Å². The van der Waals surface area contributed by atoms with Gasteiger partial charge in [-0.25, -0.2) is 0 Å². The molecular weight excluding hydrogens is 799 g/mol. The first-order valence-corrected chi connectivity index (χ1v) is 0. The van der Waals surface area contributed by atoms with Gasteiger partial charge in [-0.1, -0.05) is 416 Å². The monoisotopic (exact) mass is 1060 g/mol. The van der Waals surface area contributed by atoms with Crippen molar-refractivity contribution >= 4 is 0 Å². The Morgan fingerprint density at radius 1 is 0.0615 bits per heavy atom. The van der Waals surface area contributed by atoms with Crippen molar-refractivity contribution in [2.45, 2.75) is 416 Å². The summed E-state index contributed by atoms with van der Waals surface area (Å²) in [6.07, 6.45) is 33.8. The molecule has 0 rings (SSSR count). The molecule has 0 aromatic rings. The van der Waals surface area contributed by atoms with Crippen molar-refractivity contribution in [3.8, 4) is 0 Å². The molecule has 0 bridgehead atoms. The highest BCUT2D eigenvalue weighted by Crippen LogP contribution is 0.200. The molecule has 9 nitrogen and oxygen atoms in total. The first-order chi connectivity index (χ1) is 9.00. The van der Waals surface area contributed by atoms with E-state index in [9.17, 15) is 0 Å². The lowest BCUT2D eigenvalue weighted by atomic mass is 12.0. The van der Waals surface area contributed by atoms with E-state index in [1.54, 1.807) is 0 Å². The highest BCUT2D eigenvalue weighted by Gasteiger charge is -0.0210. The van der Waals surface area contributed by atoms with E-state index in [4.69, 9.17) is 12.7 Å². The molecule has 9 heteroatoms. The minimum Gasteiger partial charge on any atom is -0.344 e. The largest absolute Gasteiger partial charge is 0.344 e. The van der Waals surface area contributed by atoms with Crippen LogP contribution in [0.5, 0.6) is 0 Å². The van der Waals surface area contributed by atoms with Crippen LogP contribution in [0.1, 0.15) is 416 Å². The lowest BCUT2D eigenvalue weighted by molar-refractivity contribution is 2.13. The summed E-state index contributed by atoms with van der Waals surface area (Å²) in [5, 5.41) is 0. The molecule has 0 fully saturated rings. The SMILES string of the molecule is C.C.C.C.C.C.C.C.C.C.C.C.C.C.C.C.C.C.C.C.C.C.C.C.C.C.C.C.C.C.C.C.C.C.C.C.C.C.C.C.C.C.C.C.C.C.C.C.C.C.C.C.C.C.C.C.[2H]N.[2H]N.[2H]N.[2H]N.[2H]N.[2H]N.[2H]N.[2H]N.[2H]N. The average molecular weight is 1060 g/mol. The van der Waals surface area contributed by atoms with Crippen LogP contribution in [0, 0.1) is 0 Å². The zero-order valence-corrected chi connectivity index (χ0v) is 5.20. The van der Waals surface area contributed by atoms with E-state index in [0.29, 0.717) is 0 Å². The van der Waals surface area contributed by atoms with Gasteiger partial charge in [0.05, 0.1) is 0 Å². The molecule has 0 spiro atoms. The third-order valence-corrected chi connectivity index (χ3v) is 0. The zero-order chi connectivity index (χ0) is 18.0. The van der Waals surface area contributed by atoms with Gasteiger partial charge in [0.2, 0.25) is 0 Å². The molecule has 0 atom stereocenters. The Morgan fingerprint density at radius 2 is 0.0615 bits per heavy atom. The van der Waals surface area contributed by atoms with Gasteiger partial charge >= 0.3 is 0 Å². The molecule has 0 aliphatic carbocycles. The van der Waals surface area contributed by atoms with E-state index in [-0.39, 0.29) is 416 Å². The van der Waals surface area contributed by atoms with Crippen molar-refractivity contribution < 1.29 is 12.7 Å². The average Bonchev–Trinajstić information content (AvgIpc) is 2.63. The van der Waals surface area contributed by atoms with Crippen molar-refractivity contribution in [2.75, 3.05) is 0 Å². The Bertz CT molecular complexity index is 77.2. The Kier molecular flexibility index (Phi) is 104000000. The van der Waals surface area contributed by atoms with Gasteiger partial charge in [-0.15, -0.1) is 0 Å². The molecule has 0 aromatic heterocycles. The van der Waals surface area contributed by atoms with Crippen LogP contribution in [0.2, 0.25) is 12.7 Å². The molecule has 520 valence electrons. The van der Waals surface area contributed by atoms with E-state index in [1.807, 2.05) is 0 Å². The molecule has 0 aromatic carbocycles. The van der Waals surface area contributed by atoms with Crippen molar-refractivity contribution in [2.24, 2.45) is 0 Å². The standard InChI is InChI=1S/56CH4.9H3N/h56*1H4;9*1H3/i/hD9. The lowest BCUT2D eigenvalue weighted by Gasteiger charge is -0.345. The third kappa shape index (κ3) is 1870000. The maximum absolute atomic E-state index is 5.25. The number of hydrogen-bond donors (Lipinski definition) is 9. The van der Waals surface area contributed by atoms with Gasteiger partial charge in [0.1, 0.15) is 12.7 Å². The molecule has 0 saturated heterocycles. The smallest absolute Gasteiger partial charge is 0.115 e. The summed E-state index contributed by atoms with van der Waals surface area (Å²) in [6.45, 7) is 0. The fraction of sp³-hybridized carbons (Fsp3) is 1.00. The van der Waals surface area contributed by atoms with Gasteiger partial charge in [-0.3, -0.25) is 0 Å². The summed E-state index contributed by atoms with van der Waals surface area (Å²) < 4.78 is 47.2. The minimum atomic E-state index is 0. The summed E-state index contributed by atoms with van der Waals surface area (Å²) in [5.74, 6) is 0. The van der Waals surface area contributed by atoms with Crippen LogP contribution in [0.4, 0.5) is 0 Å². The van der Waals surface area contributed by atoms with Gasteiger partial charge in [0, 0.05) is 0 Å². The normalized spacial score (nSPS) is 0.969. The van der Waals surface area contributed by atoms with Crippen molar-refractivity contribution in [1.29, 1.82) is 0 Å². The Morgan fingerprint density at radius 3 is 0.0615 bits per heavy atom. The Labute approximate surface area is 483 Å². The molecule has 0 radical (unpaired) electrons. The van der Waals surface area contributed by atoms with E-state index in [1.165, 1.54) is 0 Å². The predicted octanol–water partition coefficient (Wildman–Crippen LogP) is 37.1. The fourth-order valence-corrected chi connectivity index (χ4v) is 0. The van der Waals surface area contributed by atoms with Crippen LogP contribution in [0.3, 0.4) is 0 Å². The first-order valence-electron chi connectivity index (χ1n) is 5.20. The molecule has 0 unspecified atom stereocenters. The molecule has 0 aliphatic rings. The van der Waals surface area contributed by atoms with E-state index >= 15 is 0 Å². The second-order valence-corrected chi connectivity index (χ2v) is 0. The lowest BCUT2D eigenvalue weighted by Crippen LogP contribution is -0.482. The van der Waals surface area contributed by atoms with Crippen LogP contribution >= 0.6 is 0 Å². The van der Waals surface area contributed by atoms with Crippen LogP contribution in [0.25, 0.3) is 0 Å². The molecular formula is C56H251N9. The van der Waals surface area contributed by atoms with E-state index in [2.05, 4.69) is 55.3 Å². The first kappa shape index (κ1) is 3510. The van der Waals surface area contributed by atoms with Gasteiger partial charge in [-0.2, -0.15) is 0 Å². The van der Waals surface area contributed by atoms with Crippen molar-refractivity contribution in [1.82, 2.24) is 55.3 Å². The number of rotatable bonds is 0. The second kappa shape index (κ2) is 1930000. The molecule has 0 heterocycles. The quantitative estimate of drug-likeness (QED) is 0.111. The molecule has 0 amide bonds. The Balaban J connectivity index is -0.000000000179. The van der Waals surface area contributed by atoms with Crippen LogP contribution in [0.15, 0.2) is 0 Å². The highest BCUT2D eigenvalue weighted by molar-refractivity contribution is 2.56. The van der Waals surface area contributed by atoms with Crippen LogP contribution < -0.4 is 55.3 Å². The van der Waals surface area contributed by atoms with E-state index in [0.717, 1.165) is 0 Å². The third-order valence-electron chi connectivity index (χ3n) is 0. The molecule has 27 N–H and O–H groups in total. The Hall–Kier alpha value is -0.360. The second-order valence-electron chi connectivity index (χ2n) is 0. The van der Waals surface area contributed by atoms with Crippen LogP contribution in [-0.4, -0.2) is 0 Å². The van der Waals surface area contributed by atoms with Gasteiger partial charge in [-0.05, 0) is 0 Å². The van der Waals surface area contributed by atoms with Gasteiger partial charge in [0.15, 0.2) is 0 Å². The maximum Gasteiger partial charge on any atom is 0.115 e. The zero-order valence-electron chi connectivity index (χ0n) is 14.2. The van der Waals surface area contributed by atoms with Crippen LogP contribution in [-0.2, 0) is 0 Å². The summed E-state index contributed by atoms with van der Waals surface area (Å²) in [6, 6.07) is 0. The maximum atomic E-state index is 5.25. The molecule has 65 heavy (non-hydrogen) atoms. The summed E-state index contributed by atoms with van der Waals surface area (Å²) in [4.78, 5) is 0. The minimum absolute atomic E-state index is 0. The van der Waals surface area contributed by atoms with Crippen molar-refractivity contribution in [3.63, 3.8) is 0 Å². The van der Waals surface area contributed by atoms with Gasteiger partial charge < -0.3 is 55.3 Å². The fourth-order valence-electron chi connectivity index (χ4n) is 0. The van der Waals surface area contributed by atoms with Crippen molar-refractivity contribution in [3.05, 3.63) is 0 Å².